The third-order valence-electron chi connectivity index (χ3n) is 5.72. The van der Waals surface area contributed by atoms with Crippen LogP contribution in [0.15, 0.2) is 12.2 Å². The van der Waals surface area contributed by atoms with E-state index in [4.69, 9.17) is 14.6 Å². The Kier molecular flexibility index (Phi) is 16.8. The van der Waals surface area contributed by atoms with Crippen LogP contribution < -0.4 is 0 Å². The smallest absolute Gasteiger partial charge is 0.114 e. The Morgan fingerprint density at radius 2 is 1.45 bits per heavy atom. The van der Waals surface area contributed by atoms with Crippen molar-refractivity contribution in [3.05, 3.63) is 12.2 Å². The maximum atomic E-state index is 10.1. The molecule has 0 aliphatic carbocycles. The summed E-state index contributed by atoms with van der Waals surface area (Å²) in [6.45, 7) is 2.73. The van der Waals surface area contributed by atoms with Gasteiger partial charge < -0.3 is 24.8 Å². The number of ether oxygens (including phenoxy) is 2. The van der Waals surface area contributed by atoms with Crippen LogP contribution in [-0.4, -0.2) is 59.6 Å². The predicted octanol–water partition coefficient (Wildman–Crippen LogP) is 4.52. The Labute approximate surface area is 178 Å². The zero-order chi connectivity index (χ0) is 21.2. The summed E-state index contributed by atoms with van der Waals surface area (Å²) in [6.07, 6.45) is 19.5. The van der Waals surface area contributed by atoms with E-state index in [0.717, 1.165) is 12.8 Å². The van der Waals surface area contributed by atoms with Crippen LogP contribution in [-0.2, 0) is 9.47 Å². The molecule has 0 aromatic carbocycles. The van der Waals surface area contributed by atoms with Gasteiger partial charge in [-0.15, -0.1) is 0 Å². The van der Waals surface area contributed by atoms with Crippen molar-refractivity contribution in [1.29, 1.82) is 0 Å². The van der Waals surface area contributed by atoms with Gasteiger partial charge in [0.05, 0.1) is 13.2 Å². The molecule has 1 rings (SSSR count). The van der Waals surface area contributed by atoms with Crippen LogP contribution in [0.5, 0.6) is 0 Å². The molecule has 0 saturated carbocycles. The van der Waals surface area contributed by atoms with Gasteiger partial charge >= 0.3 is 0 Å². The van der Waals surface area contributed by atoms with Crippen molar-refractivity contribution in [2.24, 2.45) is 0 Å². The molecule has 29 heavy (non-hydrogen) atoms. The van der Waals surface area contributed by atoms with Gasteiger partial charge in [-0.05, 0) is 32.1 Å². The molecule has 172 valence electrons. The molecule has 0 radical (unpaired) electrons. The highest BCUT2D eigenvalue weighted by atomic mass is 16.6. The molecule has 0 unspecified atom stereocenters. The van der Waals surface area contributed by atoms with Crippen molar-refractivity contribution in [2.45, 2.75) is 121 Å². The summed E-state index contributed by atoms with van der Waals surface area (Å²) in [5.74, 6) is 0. The summed E-state index contributed by atoms with van der Waals surface area (Å²) in [5.41, 5.74) is 0. The van der Waals surface area contributed by atoms with Crippen LogP contribution in [0.25, 0.3) is 0 Å². The fourth-order valence-corrected chi connectivity index (χ4v) is 3.79. The second-order valence-corrected chi connectivity index (χ2v) is 8.39. The van der Waals surface area contributed by atoms with Crippen molar-refractivity contribution in [1.82, 2.24) is 0 Å². The number of unbranched alkanes of at least 4 members (excludes halogenated alkanes) is 12. The molecular weight excluding hydrogens is 368 g/mol. The fourth-order valence-electron chi connectivity index (χ4n) is 3.79. The second-order valence-electron chi connectivity index (χ2n) is 8.39. The molecule has 0 spiro atoms. The van der Waals surface area contributed by atoms with Gasteiger partial charge in [0, 0.05) is 6.61 Å². The van der Waals surface area contributed by atoms with Crippen LogP contribution >= 0.6 is 0 Å². The van der Waals surface area contributed by atoms with Crippen molar-refractivity contribution in [3.8, 4) is 0 Å². The predicted molar refractivity (Wildman–Crippen MR) is 118 cm³/mol. The van der Waals surface area contributed by atoms with Gasteiger partial charge in [0.1, 0.15) is 24.4 Å². The van der Waals surface area contributed by atoms with Gasteiger partial charge in [-0.1, -0.05) is 76.9 Å². The maximum absolute atomic E-state index is 10.1. The van der Waals surface area contributed by atoms with Crippen molar-refractivity contribution >= 4 is 0 Å². The van der Waals surface area contributed by atoms with E-state index in [1.165, 1.54) is 77.0 Å². The second kappa shape index (κ2) is 18.3. The van der Waals surface area contributed by atoms with Crippen LogP contribution in [0.4, 0.5) is 0 Å². The minimum Gasteiger partial charge on any atom is -0.394 e. The van der Waals surface area contributed by atoms with Crippen molar-refractivity contribution in [3.63, 3.8) is 0 Å². The van der Waals surface area contributed by atoms with E-state index in [9.17, 15) is 10.2 Å². The third-order valence-corrected chi connectivity index (χ3v) is 5.72. The first kappa shape index (κ1) is 26.6. The number of allylic oxidation sites excluding steroid dienone is 2. The molecule has 1 aliphatic rings. The van der Waals surface area contributed by atoms with E-state index < -0.39 is 31.0 Å². The van der Waals surface area contributed by atoms with Gasteiger partial charge in [0.25, 0.3) is 0 Å². The largest absolute Gasteiger partial charge is 0.394 e. The lowest BCUT2D eigenvalue weighted by Gasteiger charge is -2.20. The number of hydrogen-bond donors (Lipinski definition) is 3. The summed E-state index contributed by atoms with van der Waals surface area (Å²) >= 11 is 0. The molecule has 0 bridgehead atoms. The Morgan fingerprint density at radius 3 is 2.03 bits per heavy atom. The lowest BCUT2D eigenvalue weighted by Crippen LogP contribution is -2.41. The first-order chi connectivity index (χ1) is 14.2. The van der Waals surface area contributed by atoms with Gasteiger partial charge in [-0.25, -0.2) is 0 Å². The molecule has 5 heteroatoms. The maximum Gasteiger partial charge on any atom is 0.114 e. The summed E-state index contributed by atoms with van der Waals surface area (Å²) in [7, 11) is 0. The lowest BCUT2D eigenvalue weighted by molar-refractivity contribution is -0.0730. The van der Waals surface area contributed by atoms with Crippen LogP contribution in [0.2, 0.25) is 0 Å². The zero-order valence-corrected chi connectivity index (χ0v) is 18.6. The normalized spacial score (nSPS) is 23.2. The van der Waals surface area contributed by atoms with Crippen LogP contribution in [0.3, 0.4) is 0 Å². The quantitative estimate of drug-likeness (QED) is 0.214. The highest BCUT2D eigenvalue weighted by Crippen LogP contribution is 2.20. The molecule has 5 nitrogen and oxygen atoms in total. The first-order valence-corrected chi connectivity index (χ1v) is 12.1. The van der Waals surface area contributed by atoms with Crippen LogP contribution in [0.1, 0.15) is 96.8 Å². The minimum absolute atomic E-state index is 0.275. The third kappa shape index (κ3) is 12.7. The van der Waals surface area contributed by atoms with E-state index in [-0.39, 0.29) is 6.61 Å². The standard InChI is InChI=1S/C24H46O5/c1-2-3-4-5-6-7-8-9-10-11-12-13-14-15-16-17-18-28-22-20-29-24(23(22)27)21(26)19-25/h7-8,21-27H,2-6,9-20H2,1H3/b8-7+/t21-,22+,23+,24+/m0/s1. The Bertz CT molecular complexity index is 387. The van der Waals surface area contributed by atoms with E-state index in [2.05, 4.69) is 19.1 Å². The topological polar surface area (TPSA) is 79.2 Å². The highest BCUT2D eigenvalue weighted by molar-refractivity contribution is 4.88. The first-order valence-electron chi connectivity index (χ1n) is 12.1. The number of aliphatic hydroxyl groups excluding tert-OH is 3. The number of hydrogen-bond acceptors (Lipinski definition) is 5. The number of rotatable bonds is 19. The molecule has 3 N–H and O–H groups in total. The fraction of sp³-hybridized carbons (Fsp3) is 0.917. The zero-order valence-electron chi connectivity index (χ0n) is 18.6. The molecule has 0 amide bonds. The Morgan fingerprint density at radius 1 is 0.897 bits per heavy atom. The van der Waals surface area contributed by atoms with Gasteiger partial charge in [-0.3, -0.25) is 0 Å². The molecule has 1 heterocycles. The average molecular weight is 415 g/mol. The van der Waals surface area contributed by atoms with Crippen molar-refractivity contribution in [2.75, 3.05) is 19.8 Å². The molecule has 0 aromatic heterocycles. The molecule has 1 aliphatic heterocycles. The van der Waals surface area contributed by atoms with E-state index >= 15 is 0 Å². The molecule has 1 fully saturated rings. The minimum atomic E-state index is -1.05. The van der Waals surface area contributed by atoms with Gasteiger partial charge in [0.15, 0.2) is 0 Å². The monoisotopic (exact) mass is 414 g/mol. The Balaban J connectivity index is 1.82. The number of aliphatic hydroxyl groups is 3. The highest BCUT2D eigenvalue weighted by Gasteiger charge is 2.40. The Hall–Kier alpha value is -0.460. The van der Waals surface area contributed by atoms with Gasteiger partial charge in [0.2, 0.25) is 0 Å². The van der Waals surface area contributed by atoms with E-state index in [1.807, 2.05) is 0 Å². The summed E-state index contributed by atoms with van der Waals surface area (Å²) < 4.78 is 11.0. The van der Waals surface area contributed by atoms with E-state index in [0.29, 0.717) is 6.61 Å². The van der Waals surface area contributed by atoms with Crippen molar-refractivity contribution < 1.29 is 24.8 Å². The van der Waals surface area contributed by atoms with E-state index in [1.54, 1.807) is 0 Å². The summed E-state index contributed by atoms with van der Waals surface area (Å²) in [6, 6.07) is 0. The van der Waals surface area contributed by atoms with Crippen LogP contribution in [0, 0.1) is 0 Å². The SMILES string of the molecule is CCCCCC/C=C/CCCCCCCCCCO[C@@H]1CO[C@H]([C@@H](O)CO)[C@@H]1O. The molecular formula is C24H46O5. The molecule has 1 saturated heterocycles. The summed E-state index contributed by atoms with van der Waals surface area (Å²) in [5, 5.41) is 28.6. The average Bonchev–Trinajstić information content (AvgIpc) is 3.10. The molecule has 4 atom stereocenters. The summed E-state index contributed by atoms with van der Waals surface area (Å²) in [4.78, 5) is 0. The van der Waals surface area contributed by atoms with Gasteiger partial charge in [-0.2, -0.15) is 0 Å². The molecule has 0 aromatic rings. The lowest BCUT2D eigenvalue weighted by atomic mass is 10.1.